The molecule has 0 saturated heterocycles. The van der Waals surface area contributed by atoms with E-state index in [1.54, 1.807) is 30.3 Å². The third kappa shape index (κ3) is 3.61. The first-order valence-corrected chi connectivity index (χ1v) is 7.98. The highest BCUT2D eigenvalue weighted by atomic mass is 16.4. The molecule has 0 aliphatic rings. The second-order valence-corrected chi connectivity index (χ2v) is 6.01. The highest BCUT2D eigenvalue weighted by molar-refractivity contribution is 5.99. The van der Waals surface area contributed by atoms with Gasteiger partial charge in [-0.3, -0.25) is 4.79 Å². The first kappa shape index (κ1) is 17.3. The molecule has 0 atom stereocenters. The van der Waals surface area contributed by atoms with Crippen molar-refractivity contribution in [2.75, 3.05) is 19.0 Å². The molecule has 1 amide bonds. The zero-order valence-electron chi connectivity index (χ0n) is 14.4. The number of carbonyl (C=O) groups excluding carboxylic acids is 1. The van der Waals surface area contributed by atoms with Crippen molar-refractivity contribution in [1.82, 2.24) is 15.3 Å². The third-order valence-corrected chi connectivity index (χ3v) is 3.93. The van der Waals surface area contributed by atoms with E-state index in [2.05, 4.69) is 15.3 Å². The van der Waals surface area contributed by atoms with Gasteiger partial charge in [0.05, 0.1) is 11.1 Å². The fraction of sp³-hybridized carbons (Fsp3) is 0.158. The van der Waals surface area contributed by atoms with Crippen LogP contribution in [-0.4, -0.2) is 41.0 Å². The van der Waals surface area contributed by atoms with Crippen LogP contribution >= 0.6 is 0 Å². The topological polar surface area (TPSA) is 95.4 Å². The van der Waals surface area contributed by atoms with E-state index in [0.29, 0.717) is 11.1 Å². The Balaban J connectivity index is 1.78. The van der Waals surface area contributed by atoms with Gasteiger partial charge in [0.2, 0.25) is 0 Å². The van der Waals surface area contributed by atoms with Gasteiger partial charge < -0.3 is 15.3 Å². The van der Waals surface area contributed by atoms with Gasteiger partial charge in [-0.1, -0.05) is 12.1 Å². The number of carboxylic acids is 1. The van der Waals surface area contributed by atoms with Gasteiger partial charge in [0, 0.05) is 31.6 Å². The Morgan fingerprint density at radius 1 is 1.08 bits per heavy atom. The number of hydrogen-bond donors (Lipinski definition) is 2. The van der Waals surface area contributed by atoms with Crippen molar-refractivity contribution in [3.8, 4) is 0 Å². The standard InChI is InChI=1S/C19H18N4O3/c1-23(2)17-15-7-6-13(9-16(15)21-11-22-17)18(24)20-10-12-4-3-5-14(8-12)19(25)26/h3-9,11H,10H2,1-2H3,(H,20,24)(H,25,26). The Labute approximate surface area is 150 Å². The second kappa shape index (κ2) is 7.18. The highest BCUT2D eigenvalue weighted by Gasteiger charge is 2.11. The van der Waals surface area contributed by atoms with Crippen LogP contribution in [0.3, 0.4) is 0 Å². The van der Waals surface area contributed by atoms with E-state index in [1.165, 1.54) is 12.4 Å². The van der Waals surface area contributed by atoms with E-state index < -0.39 is 5.97 Å². The van der Waals surface area contributed by atoms with Crippen LogP contribution in [0.5, 0.6) is 0 Å². The summed E-state index contributed by atoms with van der Waals surface area (Å²) in [6, 6.07) is 11.7. The van der Waals surface area contributed by atoms with Crippen LogP contribution in [0.1, 0.15) is 26.3 Å². The van der Waals surface area contributed by atoms with Gasteiger partial charge in [-0.15, -0.1) is 0 Å². The SMILES string of the molecule is CN(C)c1ncnc2cc(C(=O)NCc3cccc(C(=O)O)c3)ccc12. The minimum atomic E-state index is -0.996. The van der Waals surface area contributed by atoms with E-state index >= 15 is 0 Å². The molecular formula is C19H18N4O3. The smallest absolute Gasteiger partial charge is 0.335 e. The number of carboxylic acid groups (broad SMARTS) is 1. The number of aromatic nitrogens is 2. The summed E-state index contributed by atoms with van der Waals surface area (Å²) in [6.07, 6.45) is 1.47. The maximum atomic E-state index is 12.4. The van der Waals surface area contributed by atoms with Crippen molar-refractivity contribution in [3.63, 3.8) is 0 Å². The van der Waals surface area contributed by atoms with Gasteiger partial charge in [-0.25, -0.2) is 14.8 Å². The Morgan fingerprint density at radius 3 is 2.62 bits per heavy atom. The lowest BCUT2D eigenvalue weighted by molar-refractivity contribution is 0.0696. The number of rotatable bonds is 5. The van der Waals surface area contributed by atoms with Crippen molar-refractivity contribution >= 4 is 28.6 Å². The Hall–Kier alpha value is -3.48. The molecule has 0 bridgehead atoms. The molecule has 1 heterocycles. The molecule has 26 heavy (non-hydrogen) atoms. The normalized spacial score (nSPS) is 10.5. The number of anilines is 1. The van der Waals surface area contributed by atoms with Crippen LogP contribution in [0.4, 0.5) is 5.82 Å². The number of nitrogens with zero attached hydrogens (tertiary/aromatic N) is 3. The lowest BCUT2D eigenvalue weighted by Gasteiger charge is -2.13. The first-order valence-electron chi connectivity index (χ1n) is 7.98. The van der Waals surface area contributed by atoms with Crippen molar-refractivity contribution in [3.05, 3.63) is 65.5 Å². The molecule has 0 spiro atoms. The van der Waals surface area contributed by atoms with Crippen LogP contribution < -0.4 is 10.2 Å². The maximum Gasteiger partial charge on any atom is 0.335 e. The molecule has 0 aliphatic carbocycles. The Bertz CT molecular complexity index is 985. The van der Waals surface area contributed by atoms with Crippen molar-refractivity contribution in [1.29, 1.82) is 0 Å². The lowest BCUT2D eigenvalue weighted by atomic mass is 10.1. The number of hydrogen-bond acceptors (Lipinski definition) is 5. The molecule has 7 nitrogen and oxygen atoms in total. The average molecular weight is 350 g/mol. The van der Waals surface area contributed by atoms with Crippen LogP contribution in [0.25, 0.3) is 10.9 Å². The number of nitrogens with one attached hydrogen (secondary N) is 1. The average Bonchev–Trinajstić information content (AvgIpc) is 2.65. The fourth-order valence-electron chi connectivity index (χ4n) is 2.64. The van der Waals surface area contributed by atoms with Gasteiger partial charge in [-0.2, -0.15) is 0 Å². The van der Waals surface area contributed by atoms with Crippen LogP contribution in [0, 0.1) is 0 Å². The summed E-state index contributed by atoms with van der Waals surface area (Å²) in [6.45, 7) is 0.241. The Morgan fingerprint density at radius 2 is 1.88 bits per heavy atom. The summed E-state index contributed by atoms with van der Waals surface area (Å²) < 4.78 is 0. The quantitative estimate of drug-likeness (QED) is 0.733. The van der Waals surface area contributed by atoms with Crippen molar-refractivity contribution in [2.45, 2.75) is 6.54 Å². The van der Waals surface area contributed by atoms with Crippen LogP contribution in [-0.2, 0) is 6.54 Å². The number of benzene rings is 2. The van der Waals surface area contributed by atoms with Crippen LogP contribution in [0.15, 0.2) is 48.8 Å². The summed E-state index contributed by atoms with van der Waals surface area (Å²) in [4.78, 5) is 33.8. The fourth-order valence-corrected chi connectivity index (χ4v) is 2.64. The minimum Gasteiger partial charge on any atom is -0.478 e. The van der Waals surface area contributed by atoms with Gasteiger partial charge in [0.15, 0.2) is 0 Å². The first-order chi connectivity index (χ1) is 12.5. The zero-order valence-corrected chi connectivity index (χ0v) is 14.4. The molecule has 0 radical (unpaired) electrons. The van der Waals surface area contributed by atoms with E-state index in [9.17, 15) is 9.59 Å². The third-order valence-electron chi connectivity index (χ3n) is 3.93. The van der Waals surface area contributed by atoms with Gasteiger partial charge in [0.25, 0.3) is 5.91 Å². The van der Waals surface area contributed by atoms with E-state index in [1.807, 2.05) is 25.1 Å². The molecule has 3 rings (SSSR count). The number of carbonyl (C=O) groups is 2. The second-order valence-electron chi connectivity index (χ2n) is 6.01. The van der Waals surface area contributed by atoms with E-state index in [0.717, 1.165) is 16.8 Å². The monoisotopic (exact) mass is 350 g/mol. The van der Waals surface area contributed by atoms with Gasteiger partial charge in [-0.05, 0) is 35.9 Å². The van der Waals surface area contributed by atoms with E-state index in [4.69, 9.17) is 5.11 Å². The zero-order chi connectivity index (χ0) is 18.7. The largest absolute Gasteiger partial charge is 0.478 e. The van der Waals surface area contributed by atoms with Crippen molar-refractivity contribution < 1.29 is 14.7 Å². The summed E-state index contributed by atoms with van der Waals surface area (Å²) in [5.41, 5.74) is 2.08. The molecule has 132 valence electrons. The predicted molar refractivity (Wildman–Crippen MR) is 98.4 cm³/mol. The number of amides is 1. The van der Waals surface area contributed by atoms with E-state index in [-0.39, 0.29) is 18.0 Å². The molecule has 7 heteroatoms. The molecule has 2 aromatic carbocycles. The molecule has 1 aromatic heterocycles. The molecule has 3 aromatic rings. The van der Waals surface area contributed by atoms with Gasteiger partial charge >= 0.3 is 5.97 Å². The summed E-state index contributed by atoms with van der Waals surface area (Å²) in [5.74, 6) is -0.464. The Kier molecular flexibility index (Phi) is 4.79. The summed E-state index contributed by atoms with van der Waals surface area (Å²) in [7, 11) is 3.79. The molecule has 2 N–H and O–H groups in total. The minimum absolute atomic E-state index is 0.190. The molecule has 0 saturated carbocycles. The summed E-state index contributed by atoms with van der Waals surface area (Å²) >= 11 is 0. The van der Waals surface area contributed by atoms with Gasteiger partial charge in [0.1, 0.15) is 12.1 Å². The predicted octanol–water partition coefficient (Wildman–Crippen LogP) is 2.32. The summed E-state index contributed by atoms with van der Waals surface area (Å²) in [5, 5.41) is 12.7. The molecule has 0 fully saturated rings. The number of aromatic carboxylic acids is 1. The lowest BCUT2D eigenvalue weighted by Crippen LogP contribution is -2.23. The molecule has 0 unspecified atom stereocenters. The van der Waals surface area contributed by atoms with Crippen LogP contribution in [0.2, 0.25) is 0 Å². The molecule has 0 aliphatic heterocycles. The number of fused-ring (bicyclic) bond motifs is 1. The highest BCUT2D eigenvalue weighted by Crippen LogP contribution is 2.22. The molecular weight excluding hydrogens is 332 g/mol. The maximum absolute atomic E-state index is 12.4. The van der Waals surface area contributed by atoms with Crippen molar-refractivity contribution in [2.24, 2.45) is 0 Å².